The Hall–Kier alpha value is -2.42. The summed E-state index contributed by atoms with van der Waals surface area (Å²) < 4.78 is 40.1. The molecule has 0 bridgehead atoms. The van der Waals surface area contributed by atoms with E-state index in [2.05, 4.69) is 9.97 Å². The van der Waals surface area contributed by atoms with E-state index in [4.69, 9.17) is 0 Å². The predicted molar refractivity (Wildman–Crippen MR) is 91.1 cm³/mol. The van der Waals surface area contributed by atoms with Crippen molar-refractivity contribution in [3.8, 4) is 0 Å². The number of carbonyl (C=O) groups is 1. The number of amides is 1. The third kappa shape index (κ3) is 2.86. The average Bonchev–Trinajstić information content (AvgIpc) is 3.32. The van der Waals surface area contributed by atoms with Crippen molar-refractivity contribution in [3.05, 3.63) is 46.0 Å². The molecular formula is C17H15F3N4OS. The van der Waals surface area contributed by atoms with Crippen LogP contribution in [0.3, 0.4) is 0 Å². The highest BCUT2D eigenvalue weighted by atomic mass is 32.1. The fraction of sp³-hybridized carbons (Fsp3) is 0.353. The van der Waals surface area contributed by atoms with Gasteiger partial charge in [0.05, 0.1) is 4.88 Å². The molecule has 1 fully saturated rings. The van der Waals surface area contributed by atoms with Gasteiger partial charge in [0.1, 0.15) is 16.2 Å². The van der Waals surface area contributed by atoms with E-state index >= 15 is 0 Å². The number of thiophene rings is 1. The molecule has 0 aromatic carbocycles. The number of alkyl halides is 3. The van der Waals surface area contributed by atoms with Gasteiger partial charge in [-0.1, -0.05) is 0 Å². The van der Waals surface area contributed by atoms with Crippen molar-refractivity contribution in [2.24, 2.45) is 7.05 Å². The Balaban J connectivity index is 1.53. The van der Waals surface area contributed by atoms with Gasteiger partial charge in [0.25, 0.3) is 5.91 Å². The van der Waals surface area contributed by atoms with E-state index in [0.29, 0.717) is 24.4 Å². The van der Waals surface area contributed by atoms with E-state index in [1.807, 2.05) is 23.7 Å². The van der Waals surface area contributed by atoms with Crippen LogP contribution >= 0.6 is 11.3 Å². The molecule has 26 heavy (non-hydrogen) atoms. The minimum Gasteiger partial charge on any atom is -0.337 e. The van der Waals surface area contributed by atoms with Crippen molar-refractivity contribution in [3.63, 3.8) is 0 Å². The van der Waals surface area contributed by atoms with Gasteiger partial charge in [-0.2, -0.15) is 13.2 Å². The Labute approximate surface area is 151 Å². The molecule has 5 nitrogen and oxygen atoms in total. The molecule has 9 heteroatoms. The number of hydrogen-bond acceptors (Lipinski definition) is 4. The zero-order chi connectivity index (χ0) is 18.5. The molecule has 0 N–H and O–H groups in total. The maximum atomic E-state index is 12.7. The monoisotopic (exact) mass is 380 g/mol. The molecule has 0 saturated carbocycles. The standard InChI is InChI=1S/C17H15F3N4OS/c1-23-14(22-11-3-2-7-21-15(11)23)10-6-8-24(9-10)16(25)12-4-5-13(26-12)17(18,19)20/h2-5,7,10H,6,8-9H2,1H3. The van der Waals surface area contributed by atoms with Crippen LogP contribution in [0.15, 0.2) is 30.5 Å². The van der Waals surface area contributed by atoms with Gasteiger partial charge in [-0.25, -0.2) is 9.97 Å². The quantitative estimate of drug-likeness (QED) is 0.682. The maximum absolute atomic E-state index is 12.7. The van der Waals surface area contributed by atoms with Crippen LogP contribution in [0.4, 0.5) is 13.2 Å². The van der Waals surface area contributed by atoms with E-state index in [0.717, 1.165) is 29.5 Å². The number of aromatic nitrogens is 3. The van der Waals surface area contributed by atoms with Crippen LogP contribution in [0.25, 0.3) is 11.2 Å². The average molecular weight is 380 g/mol. The minimum atomic E-state index is -4.42. The summed E-state index contributed by atoms with van der Waals surface area (Å²) in [4.78, 5) is 22.4. The van der Waals surface area contributed by atoms with Gasteiger partial charge in [-0.15, -0.1) is 11.3 Å². The molecule has 1 atom stereocenters. The highest BCUT2D eigenvalue weighted by Crippen LogP contribution is 2.36. The second kappa shape index (κ2) is 6.08. The van der Waals surface area contributed by atoms with Crippen LogP contribution in [0.2, 0.25) is 0 Å². The van der Waals surface area contributed by atoms with Crippen LogP contribution in [0, 0.1) is 0 Å². The van der Waals surface area contributed by atoms with Crippen LogP contribution in [-0.2, 0) is 13.2 Å². The first kappa shape index (κ1) is 17.0. The lowest BCUT2D eigenvalue weighted by molar-refractivity contribution is -0.134. The zero-order valence-corrected chi connectivity index (χ0v) is 14.6. The van der Waals surface area contributed by atoms with E-state index in [9.17, 15) is 18.0 Å². The molecule has 1 unspecified atom stereocenters. The van der Waals surface area contributed by atoms with Gasteiger partial charge in [-0.05, 0) is 30.7 Å². The van der Waals surface area contributed by atoms with Crippen LogP contribution in [0.5, 0.6) is 0 Å². The van der Waals surface area contributed by atoms with Gasteiger partial charge in [0, 0.05) is 32.3 Å². The summed E-state index contributed by atoms with van der Waals surface area (Å²) in [6.45, 7) is 0.939. The Morgan fingerprint density at radius 3 is 2.81 bits per heavy atom. The summed E-state index contributed by atoms with van der Waals surface area (Å²) in [5, 5.41) is 0. The topological polar surface area (TPSA) is 51.0 Å². The van der Waals surface area contributed by atoms with Gasteiger partial charge < -0.3 is 9.47 Å². The lowest BCUT2D eigenvalue weighted by Gasteiger charge is -2.15. The summed E-state index contributed by atoms with van der Waals surface area (Å²) in [7, 11) is 1.89. The Morgan fingerprint density at radius 2 is 2.12 bits per heavy atom. The molecule has 136 valence electrons. The first-order valence-corrected chi connectivity index (χ1v) is 8.90. The van der Waals surface area contributed by atoms with Crippen LogP contribution in [-0.4, -0.2) is 38.4 Å². The van der Waals surface area contributed by atoms with Gasteiger partial charge >= 0.3 is 6.18 Å². The molecule has 0 radical (unpaired) electrons. The molecule has 1 aliphatic rings. The third-order valence-electron chi connectivity index (χ3n) is 4.60. The van der Waals surface area contributed by atoms with Crippen molar-refractivity contribution >= 4 is 28.4 Å². The number of imidazole rings is 1. The summed E-state index contributed by atoms with van der Waals surface area (Å²) >= 11 is 0.492. The number of aryl methyl sites for hydroxylation is 1. The van der Waals surface area contributed by atoms with Crippen molar-refractivity contribution in [1.82, 2.24) is 19.4 Å². The number of fused-ring (bicyclic) bond motifs is 1. The summed E-state index contributed by atoms with van der Waals surface area (Å²) in [6.07, 6.45) is -2.00. The number of rotatable bonds is 2. The fourth-order valence-electron chi connectivity index (χ4n) is 3.32. The lowest BCUT2D eigenvalue weighted by atomic mass is 10.1. The third-order valence-corrected chi connectivity index (χ3v) is 5.72. The molecule has 3 aromatic rings. The minimum absolute atomic E-state index is 0.0419. The number of pyridine rings is 1. The maximum Gasteiger partial charge on any atom is 0.425 e. The van der Waals surface area contributed by atoms with Crippen molar-refractivity contribution in [2.75, 3.05) is 13.1 Å². The second-order valence-electron chi connectivity index (χ2n) is 6.27. The normalized spacial score (nSPS) is 18.0. The largest absolute Gasteiger partial charge is 0.425 e. The number of hydrogen-bond donors (Lipinski definition) is 0. The Morgan fingerprint density at radius 1 is 1.31 bits per heavy atom. The van der Waals surface area contributed by atoms with Crippen LogP contribution < -0.4 is 0 Å². The predicted octanol–water partition coefficient (Wildman–Crippen LogP) is 3.68. The number of carbonyl (C=O) groups excluding carboxylic acids is 1. The van der Waals surface area contributed by atoms with E-state index < -0.39 is 11.1 Å². The van der Waals surface area contributed by atoms with Gasteiger partial charge in [0.2, 0.25) is 0 Å². The molecule has 4 heterocycles. The Bertz CT molecular complexity index is 978. The van der Waals surface area contributed by atoms with Crippen molar-refractivity contribution in [2.45, 2.75) is 18.5 Å². The van der Waals surface area contributed by atoms with Crippen molar-refractivity contribution < 1.29 is 18.0 Å². The molecule has 0 aliphatic carbocycles. The smallest absolute Gasteiger partial charge is 0.337 e. The number of likely N-dealkylation sites (tertiary alicyclic amines) is 1. The van der Waals surface area contributed by atoms with Crippen LogP contribution in [0.1, 0.15) is 32.7 Å². The summed E-state index contributed by atoms with van der Waals surface area (Å²) in [6, 6.07) is 5.91. The fourth-order valence-corrected chi connectivity index (χ4v) is 4.16. The SMILES string of the molecule is Cn1c(C2CCN(C(=O)c3ccc(C(F)(F)F)s3)C2)nc2cccnc21. The highest BCUT2D eigenvalue weighted by Gasteiger charge is 2.35. The highest BCUT2D eigenvalue weighted by molar-refractivity contribution is 7.14. The van der Waals surface area contributed by atoms with Crippen molar-refractivity contribution in [1.29, 1.82) is 0 Å². The van der Waals surface area contributed by atoms with Gasteiger partial charge in [0.15, 0.2) is 5.65 Å². The number of halogens is 3. The number of nitrogens with zero attached hydrogens (tertiary/aromatic N) is 4. The van der Waals surface area contributed by atoms with E-state index in [1.165, 1.54) is 6.07 Å². The first-order chi connectivity index (χ1) is 12.3. The molecule has 1 saturated heterocycles. The Kier molecular flexibility index (Phi) is 3.98. The molecule has 4 rings (SSSR count). The molecule has 1 amide bonds. The molecular weight excluding hydrogens is 365 g/mol. The van der Waals surface area contributed by atoms with E-state index in [-0.39, 0.29) is 16.7 Å². The second-order valence-corrected chi connectivity index (χ2v) is 7.36. The van der Waals surface area contributed by atoms with Gasteiger partial charge in [-0.3, -0.25) is 4.79 Å². The lowest BCUT2D eigenvalue weighted by Crippen LogP contribution is -2.28. The molecule has 3 aromatic heterocycles. The summed E-state index contributed by atoms with van der Waals surface area (Å²) in [5.74, 6) is 0.529. The zero-order valence-electron chi connectivity index (χ0n) is 13.8. The first-order valence-electron chi connectivity index (χ1n) is 8.08. The molecule has 1 aliphatic heterocycles. The summed E-state index contributed by atoms with van der Waals surface area (Å²) in [5.41, 5.74) is 1.57. The molecule has 0 spiro atoms. The van der Waals surface area contributed by atoms with E-state index in [1.54, 1.807) is 11.1 Å².